The fourth-order valence-corrected chi connectivity index (χ4v) is 3.06. The second-order valence-corrected chi connectivity index (χ2v) is 6.94. The number of amides is 2. The largest absolute Gasteiger partial charge is 0.385 e. The lowest BCUT2D eigenvalue weighted by Gasteiger charge is -2.29. The zero-order valence-electron chi connectivity index (χ0n) is 14.7. The van der Waals surface area contributed by atoms with Crippen LogP contribution < -0.4 is 5.32 Å². The predicted molar refractivity (Wildman–Crippen MR) is 101 cm³/mol. The molecule has 0 aromatic heterocycles. The third kappa shape index (κ3) is 6.41. The van der Waals surface area contributed by atoms with E-state index in [2.05, 4.69) is 21.2 Å². The maximum atomic E-state index is 12.8. The van der Waals surface area contributed by atoms with E-state index in [9.17, 15) is 9.59 Å². The molecule has 1 aliphatic heterocycles. The summed E-state index contributed by atoms with van der Waals surface area (Å²) in [6.07, 6.45) is 1.11. The second kappa shape index (κ2) is 10.5. The average molecular weight is 412 g/mol. The fourth-order valence-electron chi connectivity index (χ4n) is 2.79. The zero-order valence-corrected chi connectivity index (χ0v) is 16.3. The molecular weight excluding hydrogens is 386 g/mol. The molecule has 138 valence electrons. The molecule has 1 aromatic carbocycles. The van der Waals surface area contributed by atoms with Crippen LogP contribution in [0.4, 0.5) is 0 Å². The third-order valence-corrected chi connectivity index (χ3v) is 4.75. The molecule has 2 amide bonds. The summed E-state index contributed by atoms with van der Waals surface area (Å²) in [6.45, 7) is 4.75. The van der Waals surface area contributed by atoms with Gasteiger partial charge >= 0.3 is 0 Å². The number of hydrogen-bond acceptors (Lipinski definition) is 4. The highest BCUT2D eigenvalue weighted by atomic mass is 79.9. The van der Waals surface area contributed by atoms with Gasteiger partial charge in [-0.05, 0) is 30.7 Å². The summed E-state index contributed by atoms with van der Waals surface area (Å²) in [5.41, 5.74) is 0.634. The van der Waals surface area contributed by atoms with Crippen molar-refractivity contribution in [2.75, 3.05) is 53.0 Å². The Morgan fingerprint density at radius 1 is 1.20 bits per heavy atom. The number of benzene rings is 1. The molecule has 0 unspecified atom stereocenters. The van der Waals surface area contributed by atoms with E-state index < -0.39 is 0 Å². The van der Waals surface area contributed by atoms with Gasteiger partial charge in [0.25, 0.3) is 5.91 Å². The molecule has 2 rings (SSSR count). The predicted octanol–water partition coefficient (Wildman–Crippen LogP) is 1.75. The summed E-state index contributed by atoms with van der Waals surface area (Å²) < 4.78 is 6.02. The van der Waals surface area contributed by atoms with Crippen molar-refractivity contribution in [1.82, 2.24) is 15.1 Å². The van der Waals surface area contributed by atoms with Crippen LogP contribution in [0.1, 0.15) is 23.2 Å². The summed E-state index contributed by atoms with van der Waals surface area (Å²) >= 11 is 3.38. The highest BCUT2D eigenvalue weighted by molar-refractivity contribution is 9.10. The van der Waals surface area contributed by atoms with Crippen molar-refractivity contribution in [2.24, 2.45) is 0 Å². The van der Waals surface area contributed by atoms with Crippen molar-refractivity contribution in [3.63, 3.8) is 0 Å². The summed E-state index contributed by atoms with van der Waals surface area (Å²) in [5, 5.41) is 3.24. The molecule has 0 spiro atoms. The van der Waals surface area contributed by atoms with Crippen molar-refractivity contribution in [3.05, 3.63) is 34.3 Å². The van der Waals surface area contributed by atoms with Gasteiger partial charge in [-0.3, -0.25) is 9.59 Å². The van der Waals surface area contributed by atoms with Gasteiger partial charge in [0, 0.05) is 69.4 Å². The Kier molecular flexibility index (Phi) is 8.37. The highest BCUT2D eigenvalue weighted by Crippen LogP contribution is 2.13. The van der Waals surface area contributed by atoms with Crippen molar-refractivity contribution < 1.29 is 14.3 Å². The minimum absolute atomic E-state index is 0.0447. The number of methoxy groups -OCH3 is 1. The van der Waals surface area contributed by atoms with Crippen LogP contribution in [0.5, 0.6) is 0 Å². The van der Waals surface area contributed by atoms with E-state index in [1.165, 1.54) is 0 Å². The highest BCUT2D eigenvalue weighted by Gasteiger charge is 2.20. The van der Waals surface area contributed by atoms with E-state index in [0.29, 0.717) is 31.7 Å². The molecule has 0 saturated carbocycles. The first-order valence-electron chi connectivity index (χ1n) is 8.64. The molecule has 1 heterocycles. The Labute approximate surface area is 157 Å². The van der Waals surface area contributed by atoms with Crippen molar-refractivity contribution in [3.8, 4) is 0 Å². The van der Waals surface area contributed by atoms with Gasteiger partial charge in [0.2, 0.25) is 5.91 Å². The molecule has 6 nitrogen and oxygen atoms in total. The van der Waals surface area contributed by atoms with Gasteiger partial charge < -0.3 is 19.9 Å². The molecule has 1 aromatic rings. The molecule has 1 N–H and O–H groups in total. The van der Waals surface area contributed by atoms with Gasteiger partial charge in [-0.25, -0.2) is 0 Å². The Bertz CT molecular complexity index is 559. The SMILES string of the molecule is COCCCN(CCC(=O)N1CCNCC1)C(=O)c1ccc(Br)cc1. The normalized spacial score (nSPS) is 14.4. The number of halogens is 1. The lowest BCUT2D eigenvalue weighted by Crippen LogP contribution is -2.47. The zero-order chi connectivity index (χ0) is 18.1. The topological polar surface area (TPSA) is 61.9 Å². The van der Waals surface area contributed by atoms with E-state index in [-0.39, 0.29) is 11.8 Å². The number of ether oxygens (including phenoxy) is 1. The molecule has 1 saturated heterocycles. The smallest absolute Gasteiger partial charge is 0.253 e. The van der Waals surface area contributed by atoms with Crippen LogP contribution in [0.15, 0.2) is 28.7 Å². The Morgan fingerprint density at radius 2 is 1.88 bits per heavy atom. The maximum Gasteiger partial charge on any atom is 0.253 e. The van der Waals surface area contributed by atoms with Crippen LogP contribution in [0, 0.1) is 0 Å². The maximum absolute atomic E-state index is 12.8. The minimum Gasteiger partial charge on any atom is -0.385 e. The van der Waals surface area contributed by atoms with Crippen LogP contribution in [0.2, 0.25) is 0 Å². The Morgan fingerprint density at radius 3 is 2.52 bits per heavy atom. The summed E-state index contributed by atoms with van der Waals surface area (Å²) in [6, 6.07) is 7.31. The van der Waals surface area contributed by atoms with Gasteiger partial charge in [0.15, 0.2) is 0 Å². The van der Waals surface area contributed by atoms with Gasteiger partial charge in [0.1, 0.15) is 0 Å². The lowest BCUT2D eigenvalue weighted by atomic mass is 10.2. The molecule has 0 aliphatic carbocycles. The summed E-state index contributed by atoms with van der Waals surface area (Å²) in [5.74, 6) is 0.0681. The molecule has 1 aliphatic rings. The first-order chi connectivity index (χ1) is 12.1. The van der Waals surface area contributed by atoms with E-state index >= 15 is 0 Å². The van der Waals surface area contributed by atoms with Crippen LogP contribution in [0.3, 0.4) is 0 Å². The van der Waals surface area contributed by atoms with Gasteiger partial charge in [0.05, 0.1) is 0 Å². The Balaban J connectivity index is 1.95. The number of carbonyl (C=O) groups excluding carboxylic acids is 2. The number of rotatable bonds is 8. The number of piperazine rings is 1. The molecule has 25 heavy (non-hydrogen) atoms. The number of nitrogens with one attached hydrogen (secondary N) is 1. The molecular formula is C18H26BrN3O3. The first kappa shape index (κ1) is 19.9. The third-order valence-electron chi connectivity index (χ3n) is 4.22. The van der Waals surface area contributed by atoms with Crippen LogP contribution in [-0.2, 0) is 9.53 Å². The molecule has 0 atom stereocenters. The molecule has 0 bridgehead atoms. The summed E-state index contributed by atoms with van der Waals surface area (Å²) in [4.78, 5) is 28.8. The summed E-state index contributed by atoms with van der Waals surface area (Å²) in [7, 11) is 1.65. The monoisotopic (exact) mass is 411 g/mol. The van der Waals surface area contributed by atoms with E-state index in [4.69, 9.17) is 4.74 Å². The van der Waals surface area contributed by atoms with E-state index in [1.807, 2.05) is 17.0 Å². The fraction of sp³-hybridized carbons (Fsp3) is 0.556. The quantitative estimate of drug-likeness (QED) is 0.661. The molecule has 0 radical (unpaired) electrons. The number of hydrogen-bond donors (Lipinski definition) is 1. The van der Waals surface area contributed by atoms with Crippen LogP contribution in [0.25, 0.3) is 0 Å². The standard InChI is InChI=1S/C18H26BrN3O3/c1-25-14-2-10-22(18(24)15-3-5-16(19)6-4-15)11-7-17(23)21-12-8-20-9-13-21/h3-6,20H,2,7-14H2,1H3. The van der Waals surface area contributed by atoms with E-state index in [1.54, 1.807) is 24.1 Å². The average Bonchev–Trinajstić information content (AvgIpc) is 2.65. The van der Waals surface area contributed by atoms with Gasteiger partial charge in [-0.15, -0.1) is 0 Å². The van der Waals surface area contributed by atoms with Crippen LogP contribution in [-0.4, -0.2) is 74.6 Å². The number of nitrogens with zero attached hydrogens (tertiary/aromatic N) is 2. The van der Waals surface area contributed by atoms with Gasteiger partial charge in [-0.1, -0.05) is 15.9 Å². The first-order valence-corrected chi connectivity index (χ1v) is 9.43. The molecule has 1 fully saturated rings. The van der Waals surface area contributed by atoms with E-state index in [0.717, 1.165) is 37.1 Å². The van der Waals surface area contributed by atoms with Crippen molar-refractivity contribution in [1.29, 1.82) is 0 Å². The number of carbonyl (C=O) groups is 2. The Hall–Kier alpha value is -1.44. The van der Waals surface area contributed by atoms with Crippen molar-refractivity contribution >= 4 is 27.7 Å². The van der Waals surface area contributed by atoms with Gasteiger partial charge in [-0.2, -0.15) is 0 Å². The second-order valence-electron chi connectivity index (χ2n) is 6.03. The van der Waals surface area contributed by atoms with Crippen molar-refractivity contribution in [2.45, 2.75) is 12.8 Å². The molecule has 7 heteroatoms. The lowest BCUT2D eigenvalue weighted by molar-refractivity contribution is -0.131. The van der Waals surface area contributed by atoms with Crippen LogP contribution >= 0.6 is 15.9 Å². The minimum atomic E-state index is -0.0447.